The van der Waals surface area contributed by atoms with Crippen LogP contribution in [-0.2, 0) is 6.18 Å². The molecule has 2 rings (SSSR count). The standard InChI is InChI=1S/C12H14F3NS/c13-12(14,15)10-5-1-2-6-11(10)16-8-9-4-3-7-17-9/h1-2,5-6,9,16H,3-4,7-8H2. The number of hydrogen-bond acceptors (Lipinski definition) is 2. The van der Waals surface area contributed by atoms with Gasteiger partial charge in [-0.25, -0.2) is 0 Å². The Hall–Kier alpha value is -0.840. The van der Waals surface area contributed by atoms with Gasteiger partial charge < -0.3 is 5.32 Å². The van der Waals surface area contributed by atoms with Gasteiger partial charge in [-0.05, 0) is 30.7 Å². The van der Waals surface area contributed by atoms with Gasteiger partial charge in [0, 0.05) is 17.5 Å². The van der Waals surface area contributed by atoms with Crippen LogP contribution >= 0.6 is 11.8 Å². The van der Waals surface area contributed by atoms with Gasteiger partial charge in [0.05, 0.1) is 5.56 Å². The topological polar surface area (TPSA) is 12.0 Å². The molecular formula is C12H14F3NS. The molecule has 1 saturated heterocycles. The Morgan fingerprint density at radius 3 is 2.71 bits per heavy atom. The zero-order valence-corrected chi connectivity index (χ0v) is 10.1. The number of hydrogen-bond donors (Lipinski definition) is 1. The molecule has 0 saturated carbocycles. The molecular weight excluding hydrogens is 247 g/mol. The first-order valence-corrected chi connectivity index (χ1v) is 6.64. The van der Waals surface area contributed by atoms with Gasteiger partial charge in [-0.1, -0.05) is 12.1 Å². The quantitative estimate of drug-likeness (QED) is 0.882. The predicted molar refractivity (Wildman–Crippen MR) is 65.4 cm³/mol. The summed E-state index contributed by atoms with van der Waals surface area (Å²) in [6.45, 7) is 0.609. The van der Waals surface area contributed by atoms with Crippen molar-refractivity contribution < 1.29 is 13.2 Å². The second-order valence-electron chi connectivity index (χ2n) is 4.06. The third-order valence-electron chi connectivity index (χ3n) is 2.78. The Morgan fingerprint density at radius 1 is 1.29 bits per heavy atom. The largest absolute Gasteiger partial charge is 0.418 e. The summed E-state index contributed by atoms with van der Waals surface area (Å²) in [5.74, 6) is 1.12. The minimum Gasteiger partial charge on any atom is -0.383 e. The van der Waals surface area contributed by atoms with Crippen LogP contribution in [0.3, 0.4) is 0 Å². The molecule has 1 nitrogen and oxygen atoms in total. The third-order valence-corrected chi connectivity index (χ3v) is 4.17. The van der Waals surface area contributed by atoms with Crippen molar-refractivity contribution in [1.29, 1.82) is 0 Å². The van der Waals surface area contributed by atoms with E-state index in [0.717, 1.165) is 24.7 Å². The third kappa shape index (κ3) is 3.31. The van der Waals surface area contributed by atoms with Crippen LogP contribution in [0.1, 0.15) is 18.4 Å². The maximum Gasteiger partial charge on any atom is 0.418 e. The first-order chi connectivity index (χ1) is 8.07. The maximum absolute atomic E-state index is 12.7. The number of thioether (sulfide) groups is 1. The lowest BCUT2D eigenvalue weighted by molar-refractivity contribution is -0.136. The molecule has 0 amide bonds. The molecule has 1 heterocycles. The van der Waals surface area contributed by atoms with E-state index in [9.17, 15) is 13.2 Å². The minimum atomic E-state index is -4.29. The van der Waals surface area contributed by atoms with E-state index >= 15 is 0 Å². The lowest BCUT2D eigenvalue weighted by Crippen LogP contribution is -2.17. The Bertz CT molecular complexity index is 372. The first-order valence-electron chi connectivity index (χ1n) is 5.59. The van der Waals surface area contributed by atoms with Crippen molar-refractivity contribution in [2.24, 2.45) is 0 Å². The Kier molecular flexibility index (Phi) is 3.86. The van der Waals surface area contributed by atoms with Gasteiger partial charge in [0.15, 0.2) is 0 Å². The van der Waals surface area contributed by atoms with E-state index in [0.29, 0.717) is 11.8 Å². The summed E-state index contributed by atoms with van der Waals surface area (Å²) in [5, 5.41) is 3.36. The molecule has 1 unspecified atom stereocenters. The number of rotatable bonds is 3. The summed E-state index contributed by atoms with van der Waals surface area (Å²) in [6, 6.07) is 5.64. The molecule has 1 atom stereocenters. The van der Waals surface area contributed by atoms with Gasteiger partial charge in [-0.15, -0.1) is 0 Å². The van der Waals surface area contributed by atoms with E-state index in [4.69, 9.17) is 0 Å². The highest BCUT2D eigenvalue weighted by Gasteiger charge is 2.33. The molecule has 0 aromatic heterocycles. The molecule has 1 aromatic rings. The highest BCUT2D eigenvalue weighted by atomic mass is 32.2. The molecule has 0 radical (unpaired) electrons. The van der Waals surface area contributed by atoms with Gasteiger partial charge in [-0.2, -0.15) is 24.9 Å². The zero-order chi connectivity index (χ0) is 12.3. The van der Waals surface area contributed by atoms with Gasteiger partial charge in [0.2, 0.25) is 0 Å². The van der Waals surface area contributed by atoms with Crippen molar-refractivity contribution >= 4 is 17.4 Å². The average Bonchev–Trinajstić information content (AvgIpc) is 2.78. The summed E-state index contributed by atoms with van der Waals surface area (Å²) in [5.41, 5.74) is -0.393. The number of anilines is 1. The van der Waals surface area contributed by atoms with Crippen molar-refractivity contribution in [3.8, 4) is 0 Å². The van der Waals surface area contributed by atoms with Gasteiger partial charge in [-0.3, -0.25) is 0 Å². The summed E-state index contributed by atoms with van der Waals surface area (Å²) in [4.78, 5) is 0. The number of para-hydroxylation sites is 1. The fourth-order valence-corrected chi connectivity index (χ4v) is 3.11. The normalized spacial score (nSPS) is 20.5. The molecule has 1 aliphatic heterocycles. The lowest BCUT2D eigenvalue weighted by Gasteiger charge is -2.16. The molecule has 0 bridgehead atoms. The van der Waals surface area contributed by atoms with Gasteiger partial charge in [0.1, 0.15) is 0 Å². The molecule has 5 heteroatoms. The van der Waals surface area contributed by atoms with Crippen LogP contribution in [0.5, 0.6) is 0 Å². The van der Waals surface area contributed by atoms with Crippen LogP contribution in [0.4, 0.5) is 18.9 Å². The molecule has 1 aromatic carbocycles. The lowest BCUT2D eigenvalue weighted by atomic mass is 10.1. The van der Waals surface area contributed by atoms with Gasteiger partial charge in [0.25, 0.3) is 0 Å². The van der Waals surface area contributed by atoms with Crippen molar-refractivity contribution in [3.05, 3.63) is 29.8 Å². The van der Waals surface area contributed by atoms with E-state index in [2.05, 4.69) is 5.32 Å². The van der Waals surface area contributed by atoms with Crippen LogP contribution < -0.4 is 5.32 Å². The van der Waals surface area contributed by atoms with Crippen LogP contribution in [0.25, 0.3) is 0 Å². The molecule has 1 N–H and O–H groups in total. The summed E-state index contributed by atoms with van der Waals surface area (Å²) >= 11 is 1.83. The summed E-state index contributed by atoms with van der Waals surface area (Å²) in [7, 11) is 0. The maximum atomic E-state index is 12.7. The molecule has 1 fully saturated rings. The first kappa shape index (κ1) is 12.6. The molecule has 17 heavy (non-hydrogen) atoms. The van der Waals surface area contributed by atoms with E-state index in [-0.39, 0.29) is 5.69 Å². The monoisotopic (exact) mass is 261 g/mol. The van der Waals surface area contributed by atoms with Gasteiger partial charge >= 0.3 is 6.18 Å². The average molecular weight is 261 g/mol. The molecule has 94 valence electrons. The number of benzene rings is 1. The van der Waals surface area contributed by atoms with E-state index < -0.39 is 11.7 Å². The molecule has 1 aliphatic rings. The fourth-order valence-electron chi connectivity index (χ4n) is 1.91. The van der Waals surface area contributed by atoms with Crippen molar-refractivity contribution in [2.75, 3.05) is 17.6 Å². The van der Waals surface area contributed by atoms with Crippen LogP contribution in [0.2, 0.25) is 0 Å². The summed E-state index contributed by atoms with van der Waals surface area (Å²) < 4.78 is 38.1. The Morgan fingerprint density at radius 2 is 2.06 bits per heavy atom. The number of nitrogens with one attached hydrogen (secondary N) is 1. The highest BCUT2D eigenvalue weighted by Crippen LogP contribution is 2.35. The second-order valence-corrected chi connectivity index (χ2v) is 5.47. The highest BCUT2D eigenvalue weighted by molar-refractivity contribution is 8.00. The van der Waals surface area contributed by atoms with E-state index in [1.807, 2.05) is 11.8 Å². The predicted octanol–water partition coefficient (Wildman–Crippen LogP) is 4.01. The molecule has 0 spiro atoms. The Labute approximate surface area is 103 Å². The van der Waals surface area contributed by atoms with Crippen molar-refractivity contribution in [2.45, 2.75) is 24.3 Å². The Balaban J connectivity index is 2.04. The van der Waals surface area contributed by atoms with Crippen LogP contribution in [-0.4, -0.2) is 17.5 Å². The SMILES string of the molecule is FC(F)(F)c1ccccc1NCC1CCCS1. The fraction of sp³-hybridized carbons (Fsp3) is 0.500. The number of alkyl halides is 3. The number of halogens is 3. The van der Waals surface area contributed by atoms with E-state index in [1.165, 1.54) is 12.1 Å². The smallest absolute Gasteiger partial charge is 0.383 e. The summed E-state index contributed by atoms with van der Waals surface area (Å²) in [6.07, 6.45) is -2.03. The minimum absolute atomic E-state index is 0.188. The van der Waals surface area contributed by atoms with Crippen molar-refractivity contribution in [3.63, 3.8) is 0 Å². The zero-order valence-electron chi connectivity index (χ0n) is 9.26. The van der Waals surface area contributed by atoms with Crippen molar-refractivity contribution in [1.82, 2.24) is 0 Å². The molecule has 0 aliphatic carbocycles. The second kappa shape index (κ2) is 5.21. The van der Waals surface area contributed by atoms with Crippen LogP contribution in [0, 0.1) is 0 Å². The van der Waals surface area contributed by atoms with E-state index in [1.54, 1.807) is 6.07 Å². The van der Waals surface area contributed by atoms with Crippen LogP contribution in [0.15, 0.2) is 24.3 Å².